The van der Waals surface area contributed by atoms with Crippen molar-refractivity contribution in [2.24, 2.45) is 0 Å². The number of hydrogen-bond acceptors (Lipinski definition) is 5. The third-order valence-corrected chi connectivity index (χ3v) is 8.14. The lowest BCUT2D eigenvalue weighted by Crippen LogP contribution is -1.96. The minimum atomic E-state index is 0.838. The van der Waals surface area contributed by atoms with Crippen LogP contribution in [0, 0.1) is 41.5 Å². The number of benzene rings is 5. The van der Waals surface area contributed by atoms with E-state index in [9.17, 15) is 0 Å². The normalized spacial score (nSPS) is 9.71. The molecule has 0 atom stereocenters. The quantitative estimate of drug-likeness (QED) is 0.116. The summed E-state index contributed by atoms with van der Waals surface area (Å²) in [5.41, 5.74) is 42.6. The molecule has 0 aromatic heterocycles. The molecule has 0 fully saturated rings. The Morgan fingerprint density at radius 2 is 1.00 bits per heavy atom. The number of hydrogen-bond donors (Lipinski definition) is 5. The Morgan fingerprint density at radius 3 is 1.47 bits per heavy atom. The van der Waals surface area contributed by atoms with Gasteiger partial charge in [-0.3, -0.25) is 0 Å². The second-order valence-corrected chi connectivity index (χ2v) is 12.7. The van der Waals surface area contributed by atoms with Gasteiger partial charge < -0.3 is 28.7 Å². The smallest absolute Gasteiger partial charge is 0.0349 e. The third kappa shape index (κ3) is 17.7. The maximum Gasteiger partial charge on any atom is 0.0349 e. The Kier molecular flexibility index (Phi) is 20.1. The molecule has 5 nitrogen and oxygen atoms in total. The van der Waals surface area contributed by atoms with E-state index in [1.807, 2.05) is 107 Å². The van der Waals surface area contributed by atoms with E-state index in [1.165, 1.54) is 59.1 Å². The molecule has 49 heavy (non-hydrogen) atoms. The van der Waals surface area contributed by atoms with Crippen LogP contribution in [0.5, 0.6) is 0 Å². The van der Waals surface area contributed by atoms with Crippen LogP contribution in [-0.4, -0.2) is 0 Å². The largest absolute Gasteiger partial charge is 0.399 e. The first-order valence-corrected chi connectivity index (χ1v) is 17.4. The van der Waals surface area contributed by atoms with Crippen LogP contribution in [0.25, 0.3) is 0 Å². The van der Waals surface area contributed by atoms with Gasteiger partial charge >= 0.3 is 0 Å². The maximum atomic E-state index is 6.03. The van der Waals surface area contributed by atoms with Crippen LogP contribution in [-0.2, 0) is 12.8 Å². The molecule has 0 aliphatic carbocycles. The predicted molar refractivity (Wildman–Crippen MR) is 220 cm³/mol. The van der Waals surface area contributed by atoms with Crippen molar-refractivity contribution in [1.82, 2.24) is 0 Å². The zero-order chi connectivity index (χ0) is 36.8. The van der Waals surface area contributed by atoms with Crippen LogP contribution in [0.1, 0.15) is 84.0 Å². The number of anilines is 5. The van der Waals surface area contributed by atoms with Crippen LogP contribution in [0.2, 0.25) is 0 Å². The lowest BCUT2D eigenvalue weighted by Gasteiger charge is -2.07. The van der Waals surface area contributed by atoms with Crippen LogP contribution >= 0.6 is 0 Å². The molecule has 0 aliphatic heterocycles. The number of aryl methyl sites for hydroxylation is 7. The highest BCUT2D eigenvalue weighted by Gasteiger charge is 2.00. The minimum Gasteiger partial charge on any atom is -0.399 e. The summed E-state index contributed by atoms with van der Waals surface area (Å²) in [5.74, 6) is 0. The van der Waals surface area contributed by atoms with Gasteiger partial charge in [-0.25, -0.2) is 0 Å². The zero-order valence-electron chi connectivity index (χ0n) is 31.4. The SMILES string of the molecule is CCCCc1ccc(CCCC)c(N)c1.Cc1ccc(C)c(N)c1.Cc1cccc(N)c1.Cc1cccc(N)c1C.Cc1ccccc1N. The summed E-state index contributed by atoms with van der Waals surface area (Å²) in [6.07, 6.45) is 7.26. The van der Waals surface area contributed by atoms with Gasteiger partial charge in [0.05, 0.1) is 0 Å². The highest BCUT2D eigenvalue weighted by Crippen LogP contribution is 2.18. The maximum absolute atomic E-state index is 6.03. The van der Waals surface area contributed by atoms with Crippen molar-refractivity contribution in [3.8, 4) is 0 Å². The van der Waals surface area contributed by atoms with Gasteiger partial charge in [0.25, 0.3) is 0 Å². The van der Waals surface area contributed by atoms with E-state index in [4.69, 9.17) is 28.7 Å². The molecule has 0 radical (unpaired) electrons. The second-order valence-electron chi connectivity index (χ2n) is 12.7. The fourth-order valence-electron chi connectivity index (χ4n) is 4.57. The monoisotopic (exact) mass is 662 g/mol. The van der Waals surface area contributed by atoms with Gasteiger partial charge in [0.2, 0.25) is 0 Å². The molecule has 0 aliphatic rings. The highest BCUT2D eigenvalue weighted by molar-refractivity contribution is 5.50. The molecule has 0 saturated heterocycles. The Balaban J connectivity index is 0.000000314. The Labute approximate surface area is 297 Å². The summed E-state index contributed by atoms with van der Waals surface area (Å²) in [4.78, 5) is 0. The molecular weight excluding hydrogens is 599 g/mol. The fraction of sp³-hybridized carbons (Fsp3) is 0.318. The van der Waals surface area contributed by atoms with Crippen molar-refractivity contribution in [1.29, 1.82) is 0 Å². The molecule has 5 rings (SSSR count). The number of para-hydroxylation sites is 1. The molecule has 0 bridgehead atoms. The standard InChI is InChI=1S/C14H23N.2C8H11N.2C7H9N/c1-3-5-7-12-9-10-13(8-6-4-2)14(15)11-12;1-6-3-4-7(2)8(9)5-6;1-6-4-3-5-8(9)7(6)2;1-6-3-2-4-7(8)5-6;1-6-4-2-3-5-7(6)8/h9-11H,3-8,15H2,1-2H3;2*3-5H,9H2,1-2H3;2*2-5H,8H2,1H3. The van der Waals surface area contributed by atoms with Crippen LogP contribution < -0.4 is 28.7 Å². The van der Waals surface area contributed by atoms with E-state index in [2.05, 4.69) is 51.1 Å². The van der Waals surface area contributed by atoms with Gasteiger partial charge in [0.1, 0.15) is 0 Å². The summed E-state index contributed by atoms with van der Waals surface area (Å²) >= 11 is 0. The summed E-state index contributed by atoms with van der Waals surface area (Å²) in [7, 11) is 0. The molecule has 5 aromatic rings. The minimum absolute atomic E-state index is 0.838. The molecule has 5 heteroatoms. The molecule has 0 spiro atoms. The first-order chi connectivity index (χ1) is 23.3. The molecule has 0 amide bonds. The number of nitrogen functional groups attached to an aromatic ring is 5. The predicted octanol–water partition coefficient (Wildman–Crippen LogP) is 10.9. The van der Waals surface area contributed by atoms with E-state index < -0.39 is 0 Å². The van der Waals surface area contributed by atoms with Crippen molar-refractivity contribution in [2.75, 3.05) is 28.7 Å². The summed E-state index contributed by atoms with van der Waals surface area (Å²) < 4.78 is 0. The number of unbranched alkanes of at least 4 members (excludes halogenated alkanes) is 2. The fourth-order valence-corrected chi connectivity index (χ4v) is 4.57. The molecule has 264 valence electrons. The van der Waals surface area contributed by atoms with Crippen molar-refractivity contribution in [3.63, 3.8) is 0 Å². The van der Waals surface area contributed by atoms with Crippen LogP contribution in [0.3, 0.4) is 0 Å². The van der Waals surface area contributed by atoms with Crippen molar-refractivity contribution >= 4 is 28.4 Å². The highest BCUT2D eigenvalue weighted by atomic mass is 14.6. The zero-order valence-corrected chi connectivity index (χ0v) is 31.4. The third-order valence-electron chi connectivity index (χ3n) is 8.14. The summed E-state index contributed by atoms with van der Waals surface area (Å²) in [6.45, 7) is 16.6. The van der Waals surface area contributed by atoms with Gasteiger partial charge in [-0.05, 0) is 148 Å². The van der Waals surface area contributed by atoms with Gasteiger partial charge in [-0.1, -0.05) is 93.4 Å². The van der Waals surface area contributed by atoms with E-state index in [0.717, 1.165) is 52.4 Å². The molecule has 0 heterocycles. The Morgan fingerprint density at radius 1 is 0.429 bits per heavy atom. The van der Waals surface area contributed by atoms with Gasteiger partial charge in [-0.15, -0.1) is 0 Å². The van der Waals surface area contributed by atoms with E-state index >= 15 is 0 Å². The molecule has 0 unspecified atom stereocenters. The van der Waals surface area contributed by atoms with E-state index in [-0.39, 0.29) is 0 Å². The Bertz CT molecular complexity index is 1600. The van der Waals surface area contributed by atoms with E-state index in [1.54, 1.807) is 0 Å². The first kappa shape index (κ1) is 42.1. The van der Waals surface area contributed by atoms with E-state index in [0.29, 0.717) is 0 Å². The Hall–Kier alpha value is -4.90. The summed E-state index contributed by atoms with van der Waals surface area (Å²) in [5, 5.41) is 0. The second kappa shape index (κ2) is 23.4. The molecule has 5 aromatic carbocycles. The van der Waals surface area contributed by atoms with Gasteiger partial charge in [-0.2, -0.15) is 0 Å². The van der Waals surface area contributed by atoms with Crippen molar-refractivity contribution in [2.45, 2.75) is 93.9 Å². The molecule has 10 N–H and O–H groups in total. The van der Waals surface area contributed by atoms with Crippen molar-refractivity contribution < 1.29 is 0 Å². The molecular formula is C44H63N5. The van der Waals surface area contributed by atoms with Crippen molar-refractivity contribution in [3.05, 3.63) is 148 Å². The lowest BCUT2D eigenvalue weighted by molar-refractivity contribution is 0.787. The first-order valence-electron chi connectivity index (χ1n) is 17.4. The summed E-state index contributed by atoms with van der Waals surface area (Å²) in [6, 6.07) is 34.2. The average Bonchev–Trinajstić information content (AvgIpc) is 3.06. The number of rotatable bonds is 6. The van der Waals surface area contributed by atoms with Crippen LogP contribution in [0.15, 0.2) is 103 Å². The average molecular weight is 662 g/mol. The van der Waals surface area contributed by atoms with Gasteiger partial charge in [0, 0.05) is 28.4 Å². The van der Waals surface area contributed by atoms with Crippen LogP contribution in [0.4, 0.5) is 28.4 Å². The molecule has 0 saturated carbocycles. The lowest BCUT2D eigenvalue weighted by atomic mass is 10.0. The van der Waals surface area contributed by atoms with Gasteiger partial charge in [0.15, 0.2) is 0 Å². The topological polar surface area (TPSA) is 130 Å². The number of nitrogens with two attached hydrogens (primary N) is 5.